The summed E-state index contributed by atoms with van der Waals surface area (Å²) in [5, 5.41) is 0.713. The summed E-state index contributed by atoms with van der Waals surface area (Å²) >= 11 is 6.00. The number of imidazole rings is 1. The van der Waals surface area contributed by atoms with E-state index in [1.54, 1.807) is 0 Å². The highest BCUT2D eigenvalue weighted by molar-refractivity contribution is 6.30. The van der Waals surface area contributed by atoms with Gasteiger partial charge in [0.05, 0.1) is 11.2 Å². The summed E-state index contributed by atoms with van der Waals surface area (Å²) in [5.41, 5.74) is 7.84. The average molecular weight is 238 g/mol. The van der Waals surface area contributed by atoms with Crippen LogP contribution >= 0.6 is 11.6 Å². The monoisotopic (exact) mass is 237 g/mol. The van der Waals surface area contributed by atoms with Gasteiger partial charge in [-0.3, -0.25) is 0 Å². The third-order valence-corrected chi connectivity index (χ3v) is 2.84. The number of fused-ring (bicyclic) bond motifs is 1. The van der Waals surface area contributed by atoms with Crippen LogP contribution in [0.4, 0.5) is 0 Å². The van der Waals surface area contributed by atoms with Gasteiger partial charge in [-0.1, -0.05) is 25.4 Å². The van der Waals surface area contributed by atoms with Crippen LogP contribution in [0.25, 0.3) is 5.52 Å². The Kier molecular flexibility index (Phi) is 2.91. The fourth-order valence-corrected chi connectivity index (χ4v) is 2.01. The van der Waals surface area contributed by atoms with E-state index in [0.29, 0.717) is 10.9 Å². The van der Waals surface area contributed by atoms with E-state index in [4.69, 9.17) is 17.3 Å². The minimum absolute atomic E-state index is 0.0824. The number of hydrogen-bond acceptors (Lipinski definition) is 2. The zero-order valence-corrected chi connectivity index (χ0v) is 10.5. The molecule has 0 aliphatic carbocycles. The van der Waals surface area contributed by atoms with E-state index in [1.165, 1.54) is 0 Å². The standard InChI is InChI=1S/C12H16ClN3/c1-7(2)12-15-11(8(3)14)10-6-9(13)4-5-16(10)12/h4-8H,14H2,1-3H3. The van der Waals surface area contributed by atoms with Crippen LogP contribution in [-0.2, 0) is 0 Å². The molecule has 2 N–H and O–H groups in total. The lowest BCUT2D eigenvalue weighted by Crippen LogP contribution is -2.06. The molecule has 3 nitrogen and oxygen atoms in total. The number of rotatable bonds is 2. The molecule has 0 saturated heterocycles. The molecule has 0 amide bonds. The molecule has 2 heterocycles. The third kappa shape index (κ3) is 1.81. The number of pyridine rings is 1. The predicted octanol–water partition coefficient (Wildman–Crippen LogP) is 3.13. The van der Waals surface area contributed by atoms with Crippen molar-refractivity contribution in [3.63, 3.8) is 0 Å². The van der Waals surface area contributed by atoms with Crippen molar-refractivity contribution in [1.29, 1.82) is 0 Å². The van der Waals surface area contributed by atoms with Crippen molar-refractivity contribution < 1.29 is 0 Å². The quantitative estimate of drug-likeness (QED) is 0.872. The summed E-state index contributed by atoms with van der Waals surface area (Å²) in [6.45, 7) is 6.18. The van der Waals surface area contributed by atoms with Gasteiger partial charge >= 0.3 is 0 Å². The fourth-order valence-electron chi connectivity index (χ4n) is 1.85. The molecule has 16 heavy (non-hydrogen) atoms. The first kappa shape index (κ1) is 11.4. The third-order valence-electron chi connectivity index (χ3n) is 2.61. The van der Waals surface area contributed by atoms with Crippen LogP contribution in [0.3, 0.4) is 0 Å². The second-order valence-electron chi connectivity index (χ2n) is 4.40. The number of aromatic nitrogens is 2. The number of nitrogens with zero attached hydrogens (tertiary/aromatic N) is 2. The summed E-state index contributed by atoms with van der Waals surface area (Å²) in [4.78, 5) is 4.61. The molecule has 0 aliphatic rings. The molecule has 4 heteroatoms. The predicted molar refractivity (Wildman–Crippen MR) is 66.9 cm³/mol. The summed E-state index contributed by atoms with van der Waals surface area (Å²) in [5.74, 6) is 1.39. The average Bonchev–Trinajstić information content (AvgIpc) is 2.56. The lowest BCUT2D eigenvalue weighted by atomic mass is 10.2. The van der Waals surface area contributed by atoms with E-state index in [0.717, 1.165) is 17.0 Å². The Bertz CT molecular complexity index is 514. The van der Waals surface area contributed by atoms with Crippen LogP contribution in [0.15, 0.2) is 18.3 Å². The second-order valence-corrected chi connectivity index (χ2v) is 4.84. The summed E-state index contributed by atoms with van der Waals surface area (Å²) in [7, 11) is 0. The minimum Gasteiger partial charge on any atom is -0.323 e. The van der Waals surface area contributed by atoms with Gasteiger partial charge in [0.15, 0.2) is 0 Å². The Labute approximate surface area is 100 Å². The van der Waals surface area contributed by atoms with E-state index in [1.807, 2.05) is 25.3 Å². The van der Waals surface area contributed by atoms with Gasteiger partial charge in [0.2, 0.25) is 0 Å². The van der Waals surface area contributed by atoms with E-state index >= 15 is 0 Å². The van der Waals surface area contributed by atoms with E-state index in [9.17, 15) is 0 Å². The SMILES string of the molecule is CC(C)c1nc(C(C)N)c2cc(Cl)ccn12. The van der Waals surface area contributed by atoms with Gasteiger partial charge in [-0.25, -0.2) is 4.98 Å². The molecule has 1 atom stereocenters. The highest BCUT2D eigenvalue weighted by atomic mass is 35.5. The molecule has 86 valence electrons. The molecule has 2 aromatic heterocycles. The Balaban J connectivity index is 2.76. The Morgan fingerprint density at radius 3 is 2.62 bits per heavy atom. The normalized spacial score (nSPS) is 13.6. The van der Waals surface area contributed by atoms with Crippen molar-refractivity contribution >= 4 is 17.1 Å². The highest BCUT2D eigenvalue weighted by Crippen LogP contribution is 2.25. The Morgan fingerprint density at radius 1 is 1.38 bits per heavy atom. The molecular weight excluding hydrogens is 222 g/mol. The first-order valence-corrected chi connectivity index (χ1v) is 5.81. The van der Waals surface area contributed by atoms with E-state index in [2.05, 4.69) is 23.2 Å². The van der Waals surface area contributed by atoms with Gasteiger partial charge < -0.3 is 10.1 Å². The number of halogens is 1. The summed E-state index contributed by atoms with van der Waals surface area (Å²) in [6.07, 6.45) is 1.95. The van der Waals surface area contributed by atoms with Gasteiger partial charge in [0.1, 0.15) is 5.82 Å². The molecule has 0 aliphatic heterocycles. The largest absolute Gasteiger partial charge is 0.323 e. The van der Waals surface area contributed by atoms with Gasteiger partial charge in [0, 0.05) is 23.2 Å². The van der Waals surface area contributed by atoms with Gasteiger partial charge in [-0.05, 0) is 19.1 Å². The smallest absolute Gasteiger partial charge is 0.116 e. The molecule has 2 rings (SSSR count). The second kappa shape index (κ2) is 4.07. The van der Waals surface area contributed by atoms with Crippen molar-refractivity contribution in [1.82, 2.24) is 9.38 Å². The molecule has 0 spiro atoms. The van der Waals surface area contributed by atoms with Crippen molar-refractivity contribution in [3.05, 3.63) is 34.9 Å². The van der Waals surface area contributed by atoms with Gasteiger partial charge in [-0.15, -0.1) is 0 Å². The maximum Gasteiger partial charge on any atom is 0.116 e. The Morgan fingerprint density at radius 2 is 2.06 bits per heavy atom. The van der Waals surface area contributed by atoms with Crippen LogP contribution < -0.4 is 5.73 Å². The number of hydrogen-bond donors (Lipinski definition) is 1. The molecule has 0 radical (unpaired) electrons. The lowest BCUT2D eigenvalue weighted by Gasteiger charge is -2.03. The van der Waals surface area contributed by atoms with E-state index in [-0.39, 0.29) is 6.04 Å². The first-order valence-electron chi connectivity index (χ1n) is 5.43. The summed E-state index contributed by atoms with van der Waals surface area (Å²) in [6, 6.07) is 3.70. The van der Waals surface area contributed by atoms with Crippen LogP contribution in [0.1, 0.15) is 44.2 Å². The topological polar surface area (TPSA) is 43.3 Å². The maximum absolute atomic E-state index is 6.00. The van der Waals surface area contributed by atoms with Crippen LogP contribution in [0, 0.1) is 0 Å². The molecule has 0 fully saturated rings. The minimum atomic E-state index is -0.0824. The van der Waals surface area contributed by atoms with Crippen LogP contribution in [0.5, 0.6) is 0 Å². The maximum atomic E-state index is 6.00. The van der Waals surface area contributed by atoms with Crippen LogP contribution in [0.2, 0.25) is 5.02 Å². The van der Waals surface area contributed by atoms with Crippen LogP contribution in [-0.4, -0.2) is 9.38 Å². The molecule has 0 aromatic carbocycles. The summed E-state index contributed by atoms with van der Waals surface area (Å²) < 4.78 is 2.06. The Hall–Kier alpha value is -1.06. The van der Waals surface area contributed by atoms with Crippen molar-refractivity contribution in [2.75, 3.05) is 0 Å². The highest BCUT2D eigenvalue weighted by Gasteiger charge is 2.15. The van der Waals surface area contributed by atoms with E-state index < -0.39 is 0 Å². The number of nitrogens with two attached hydrogens (primary N) is 1. The zero-order chi connectivity index (χ0) is 11.9. The zero-order valence-electron chi connectivity index (χ0n) is 9.74. The molecular formula is C12H16ClN3. The lowest BCUT2D eigenvalue weighted by molar-refractivity contribution is 0.745. The van der Waals surface area contributed by atoms with Crippen molar-refractivity contribution in [3.8, 4) is 0 Å². The fraction of sp³-hybridized carbons (Fsp3) is 0.417. The molecule has 2 aromatic rings. The molecule has 0 saturated carbocycles. The first-order chi connectivity index (χ1) is 7.50. The molecule has 0 bridgehead atoms. The molecule has 1 unspecified atom stereocenters. The van der Waals surface area contributed by atoms with Gasteiger partial charge in [-0.2, -0.15) is 0 Å². The van der Waals surface area contributed by atoms with Crippen molar-refractivity contribution in [2.24, 2.45) is 5.73 Å². The van der Waals surface area contributed by atoms with Gasteiger partial charge in [0.25, 0.3) is 0 Å². The van der Waals surface area contributed by atoms with Crippen molar-refractivity contribution in [2.45, 2.75) is 32.7 Å².